The van der Waals surface area contributed by atoms with Crippen molar-refractivity contribution in [2.75, 3.05) is 27.7 Å². The van der Waals surface area contributed by atoms with Gasteiger partial charge in [0.2, 0.25) is 0 Å². The van der Waals surface area contributed by atoms with E-state index >= 15 is 0 Å². The smallest absolute Gasteiger partial charge is 0.275 e. The van der Waals surface area contributed by atoms with Crippen molar-refractivity contribution in [3.05, 3.63) is 76.7 Å². The molecular weight excluding hydrogens is 444 g/mol. The van der Waals surface area contributed by atoms with E-state index < -0.39 is 0 Å². The molecule has 0 radical (unpaired) electrons. The molecule has 2 aromatic carbocycles. The number of amides is 2. The van der Waals surface area contributed by atoms with Crippen LogP contribution < -0.4 is 4.74 Å². The number of aromatic nitrogens is 4. The average molecular weight is 473 g/mol. The number of nitrogens with zero attached hydrogens (tertiary/aromatic N) is 5. The van der Waals surface area contributed by atoms with Crippen LogP contribution in [0, 0.1) is 0 Å². The number of aryl methyl sites for hydroxylation is 2. The van der Waals surface area contributed by atoms with Gasteiger partial charge in [-0.1, -0.05) is 30.3 Å². The first-order valence-electron chi connectivity index (χ1n) is 11.6. The molecule has 0 saturated heterocycles. The summed E-state index contributed by atoms with van der Waals surface area (Å²) in [6, 6.07) is 15.5. The van der Waals surface area contributed by atoms with Crippen LogP contribution in [0.25, 0.3) is 10.9 Å². The molecule has 180 valence electrons. The highest BCUT2D eigenvalue weighted by atomic mass is 16.5. The van der Waals surface area contributed by atoms with Gasteiger partial charge < -0.3 is 14.5 Å². The van der Waals surface area contributed by atoms with Gasteiger partial charge in [0.15, 0.2) is 11.4 Å². The number of benzene rings is 2. The number of carbonyl (C=O) groups is 2. The number of carbonyl (C=O) groups excluding carboxylic acids is 2. The van der Waals surface area contributed by atoms with E-state index in [4.69, 9.17) is 9.84 Å². The van der Waals surface area contributed by atoms with Gasteiger partial charge in [-0.3, -0.25) is 19.4 Å². The molecule has 0 fully saturated rings. The number of rotatable bonds is 6. The number of methoxy groups -OCH3 is 1. The largest absolute Gasteiger partial charge is 0.497 e. The van der Waals surface area contributed by atoms with Crippen molar-refractivity contribution in [2.45, 2.75) is 25.9 Å². The lowest BCUT2D eigenvalue weighted by Crippen LogP contribution is -2.37. The van der Waals surface area contributed by atoms with Crippen LogP contribution >= 0.6 is 0 Å². The predicted molar refractivity (Wildman–Crippen MR) is 131 cm³/mol. The van der Waals surface area contributed by atoms with Crippen molar-refractivity contribution in [2.24, 2.45) is 0 Å². The molecule has 1 N–H and O–H groups in total. The zero-order valence-electron chi connectivity index (χ0n) is 20.1. The molecule has 9 heteroatoms. The van der Waals surface area contributed by atoms with E-state index in [9.17, 15) is 9.59 Å². The quantitative estimate of drug-likeness (QED) is 0.466. The third kappa shape index (κ3) is 4.25. The lowest BCUT2D eigenvalue weighted by Gasteiger charge is -2.27. The van der Waals surface area contributed by atoms with Crippen molar-refractivity contribution in [1.29, 1.82) is 0 Å². The standard InChI is InChI=1S/C26H28N6O3/c1-30(2)25(33)24-20-16-31(26(34)23-19-6-4-5-7-21(19)27-28-23)14-13-22(20)32(29-24)15-12-17-8-10-18(35-3)11-9-17/h4-11H,12-16H2,1-3H3,(H,27,28). The minimum Gasteiger partial charge on any atom is -0.497 e. The van der Waals surface area contributed by atoms with E-state index in [1.807, 2.05) is 53.2 Å². The van der Waals surface area contributed by atoms with E-state index in [1.165, 1.54) is 4.90 Å². The Bertz CT molecular complexity index is 1390. The third-order valence-electron chi connectivity index (χ3n) is 6.47. The first-order valence-corrected chi connectivity index (χ1v) is 11.6. The van der Waals surface area contributed by atoms with Crippen LogP contribution in [0.5, 0.6) is 5.75 Å². The highest BCUT2D eigenvalue weighted by molar-refractivity contribution is 6.04. The molecule has 35 heavy (non-hydrogen) atoms. The molecular formula is C26H28N6O3. The second kappa shape index (κ2) is 9.25. The van der Waals surface area contributed by atoms with Gasteiger partial charge in [-0.2, -0.15) is 10.2 Å². The molecule has 0 aliphatic carbocycles. The fourth-order valence-corrected chi connectivity index (χ4v) is 4.54. The van der Waals surface area contributed by atoms with Crippen LogP contribution in [0.1, 0.15) is 37.8 Å². The Hall–Kier alpha value is -4.14. The monoisotopic (exact) mass is 472 g/mol. The maximum Gasteiger partial charge on any atom is 0.275 e. The van der Waals surface area contributed by atoms with Crippen molar-refractivity contribution in [1.82, 2.24) is 29.8 Å². The number of H-pyrrole nitrogens is 1. The first-order chi connectivity index (χ1) is 17.0. The van der Waals surface area contributed by atoms with E-state index in [0.717, 1.165) is 39.9 Å². The predicted octanol–water partition coefficient (Wildman–Crippen LogP) is 2.91. The van der Waals surface area contributed by atoms with Gasteiger partial charge in [-0.25, -0.2) is 0 Å². The van der Waals surface area contributed by atoms with Gasteiger partial charge >= 0.3 is 0 Å². The number of fused-ring (bicyclic) bond motifs is 2. The summed E-state index contributed by atoms with van der Waals surface area (Å²) < 4.78 is 7.17. The summed E-state index contributed by atoms with van der Waals surface area (Å²) in [5.74, 6) is 0.504. The first kappa shape index (κ1) is 22.6. The van der Waals surface area contributed by atoms with Crippen molar-refractivity contribution in [3.63, 3.8) is 0 Å². The van der Waals surface area contributed by atoms with Crippen LogP contribution in [0.15, 0.2) is 48.5 Å². The molecule has 0 bridgehead atoms. The fourth-order valence-electron chi connectivity index (χ4n) is 4.54. The highest BCUT2D eigenvalue weighted by Gasteiger charge is 2.32. The van der Waals surface area contributed by atoms with Crippen molar-refractivity contribution >= 4 is 22.7 Å². The topological polar surface area (TPSA) is 96.4 Å². The van der Waals surface area contributed by atoms with E-state index in [0.29, 0.717) is 37.4 Å². The average Bonchev–Trinajstić information content (AvgIpc) is 3.48. The molecule has 2 amide bonds. The summed E-state index contributed by atoms with van der Waals surface area (Å²) in [6.07, 6.45) is 1.40. The molecule has 5 rings (SSSR count). The molecule has 0 spiro atoms. The Morgan fingerprint density at radius 1 is 1.09 bits per heavy atom. The highest BCUT2D eigenvalue weighted by Crippen LogP contribution is 2.26. The van der Waals surface area contributed by atoms with Gasteiger partial charge in [-0.15, -0.1) is 0 Å². The number of hydrogen-bond donors (Lipinski definition) is 1. The minimum atomic E-state index is -0.163. The summed E-state index contributed by atoms with van der Waals surface area (Å²) in [4.78, 5) is 29.6. The number of aromatic amines is 1. The van der Waals surface area contributed by atoms with E-state index in [1.54, 1.807) is 26.1 Å². The molecule has 1 aliphatic rings. The maximum absolute atomic E-state index is 13.4. The molecule has 2 aromatic heterocycles. The number of nitrogens with one attached hydrogen (secondary N) is 1. The number of para-hydroxylation sites is 1. The summed E-state index contributed by atoms with van der Waals surface area (Å²) in [6.45, 7) is 1.51. The summed E-state index contributed by atoms with van der Waals surface area (Å²) in [5.41, 5.74) is 4.62. The van der Waals surface area contributed by atoms with Crippen molar-refractivity contribution in [3.8, 4) is 5.75 Å². The molecule has 0 atom stereocenters. The molecule has 0 unspecified atom stereocenters. The Kier molecular flexibility index (Phi) is 5.98. The number of hydrogen-bond acceptors (Lipinski definition) is 5. The van der Waals surface area contributed by atoms with E-state index in [-0.39, 0.29) is 11.8 Å². The third-order valence-corrected chi connectivity index (χ3v) is 6.47. The Balaban J connectivity index is 1.42. The zero-order valence-corrected chi connectivity index (χ0v) is 20.1. The van der Waals surface area contributed by atoms with Gasteiger partial charge in [0.25, 0.3) is 11.8 Å². The van der Waals surface area contributed by atoms with Crippen LogP contribution in [0.2, 0.25) is 0 Å². The van der Waals surface area contributed by atoms with Crippen LogP contribution in [-0.2, 0) is 25.9 Å². The number of ether oxygens (including phenoxy) is 1. The second-order valence-corrected chi connectivity index (χ2v) is 8.89. The minimum absolute atomic E-state index is 0.151. The Morgan fingerprint density at radius 2 is 1.86 bits per heavy atom. The molecule has 4 aromatic rings. The van der Waals surface area contributed by atoms with Gasteiger partial charge in [-0.05, 0) is 30.2 Å². The zero-order chi connectivity index (χ0) is 24.5. The molecule has 0 saturated carbocycles. The van der Waals surface area contributed by atoms with Gasteiger partial charge in [0.05, 0.1) is 19.2 Å². The van der Waals surface area contributed by atoms with Gasteiger partial charge in [0.1, 0.15) is 5.75 Å². The van der Waals surface area contributed by atoms with Gasteiger partial charge in [0, 0.05) is 50.2 Å². The van der Waals surface area contributed by atoms with Crippen LogP contribution in [-0.4, -0.2) is 69.3 Å². The summed E-state index contributed by atoms with van der Waals surface area (Å²) >= 11 is 0. The molecule has 9 nitrogen and oxygen atoms in total. The van der Waals surface area contributed by atoms with Crippen LogP contribution in [0.3, 0.4) is 0 Å². The normalized spacial score (nSPS) is 13.1. The van der Waals surface area contributed by atoms with E-state index in [2.05, 4.69) is 10.2 Å². The van der Waals surface area contributed by atoms with Crippen molar-refractivity contribution < 1.29 is 14.3 Å². The lowest BCUT2D eigenvalue weighted by molar-refractivity contribution is 0.0722. The Labute approximate surface area is 203 Å². The lowest BCUT2D eigenvalue weighted by atomic mass is 10.0. The SMILES string of the molecule is COc1ccc(CCn2nc(C(=O)N(C)C)c3c2CCN(C(=O)c2n[nH]c4ccccc24)C3)cc1. The Morgan fingerprint density at radius 3 is 2.60 bits per heavy atom. The summed E-state index contributed by atoms with van der Waals surface area (Å²) in [5, 5.41) is 12.7. The molecule has 3 heterocycles. The summed E-state index contributed by atoms with van der Waals surface area (Å²) in [7, 11) is 5.08. The second-order valence-electron chi connectivity index (χ2n) is 8.89. The maximum atomic E-state index is 13.4. The fraction of sp³-hybridized carbons (Fsp3) is 0.308. The van der Waals surface area contributed by atoms with Crippen LogP contribution in [0.4, 0.5) is 0 Å². The molecule has 1 aliphatic heterocycles.